The molecule has 2 saturated heterocycles. The summed E-state index contributed by atoms with van der Waals surface area (Å²) in [6.45, 7) is 0.271. The fourth-order valence-electron chi connectivity index (χ4n) is 4.22. The van der Waals surface area contributed by atoms with Gasteiger partial charge in [-0.25, -0.2) is 9.78 Å². The van der Waals surface area contributed by atoms with E-state index in [1.807, 2.05) is 0 Å². The summed E-state index contributed by atoms with van der Waals surface area (Å²) < 4.78 is 7.20. The lowest BCUT2D eigenvalue weighted by atomic mass is 9.98. The van der Waals surface area contributed by atoms with Crippen LogP contribution in [0.1, 0.15) is 37.4 Å². The van der Waals surface area contributed by atoms with Gasteiger partial charge in [0.25, 0.3) is 0 Å². The minimum atomic E-state index is -0.821. The maximum absolute atomic E-state index is 11.4. The van der Waals surface area contributed by atoms with Gasteiger partial charge >= 0.3 is 6.09 Å². The standard InChI is InChI=1S/C17H19N9O3/c27-17(28)25-12-1-2-13(25)6-14(5-12)26-20-7-11(21-26)9-29-15-3-4-16(18-8-15)24-10-19-22-23-24/h3-4,7-8,10,12-14H,1-2,5-6,9H2,(H,27,28)/t12-,13+,14-. The molecule has 12 nitrogen and oxygen atoms in total. The van der Waals surface area contributed by atoms with Crippen LogP contribution in [0, 0.1) is 0 Å². The van der Waals surface area contributed by atoms with Crippen molar-refractivity contribution in [1.29, 1.82) is 0 Å². The number of rotatable bonds is 5. The SMILES string of the molecule is O=C(O)N1[C@@H]2CC[C@H]1C[C@H](n1ncc(COc3ccc(-n4cnnn4)nc3)n1)C2. The van der Waals surface area contributed by atoms with E-state index in [1.165, 1.54) is 11.0 Å². The largest absolute Gasteiger partial charge is 0.486 e. The van der Waals surface area contributed by atoms with Gasteiger partial charge in [-0.15, -0.1) is 5.10 Å². The summed E-state index contributed by atoms with van der Waals surface area (Å²) in [5.74, 6) is 1.19. The number of carboxylic acid groups (broad SMARTS) is 1. The number of aromatic nitrogens is 8. The average Bonchev–Trinajstić information content (AvgIpc) is 3.47. The van der Waals surface area contributed by atoms with E-state index < -0.39 is 6.09 Å². The second kappa shape index (κ2) is 7.11. The zero-order valence-electron chi connectivity index (χ0n) is 15.4. The van der Waals surface area contributed by atoms with Crippen molar-refractivity contribution in [3.63, 3.8) is 0 Å². The Morgan fingerprint density at radius 2 is 2.00 bits per heavy atom. The molecule has 5 rings (SSSR count). The summed E-state index contributed by atoms with van der Waals surface area (Å²) in [4.78, 5) is 19.0. The smallest absolute Gasteiger partial charge is 0.407 e. The van der Waals surface area contributed by atoms with Crippen LogP contribution in [0.15, 0.2) is 30.9 Å². The molecule has 12 heteroatoms. The van der Waals surface area contributed by atoms with E-state index >= 15 is 0 Å². The second-order valence-corrected chi connectivity index (χ2v) is 7.25. The average molecular weight is 397 g/mol. The Kier molecular flexibility index (Phi) is 4.30. The molecule has 29 heavy (non-hydrogen) atoms. The number of pyridine rings is 1. The Hall–Kier alpha value is -3.57. The van der Waals surface area contributed by atoms with Crippen LogP contribution in [0.4, 0.5) is 4.79 Å². The molecule has 0 unspecified atom stereocenters. The van der Waals surface area contributed by atoms with Gasteiger partial charge in [0.2, 0.25) is 0 Å². The highest BCUT2D eigenvalue weighted by atomic mass is 16.5. The third kappa shape index (κ3) is 3.37. The Morgan fingerprint density at radius 3 is 2.66 bits per heavy atom. The normalized spacial score (nSPS) is 23.3. The number of fused-ring (bicyclic) bond motifs is 2. The maximum atomic E-state index is 11.4. The third-order valence-electron chi connectivity index (χ3n) is 5.50. The summed E-state index contributed by atoms with van der Waals surface area (Å²) in [6.07, 6.45) is 7.26. The number of carbonyl (C=O) groups is 1. The van der Waals surface area contributed by atoms with Gasteiger partial charge in [-0.3, -0.25) is 0 Å². The van der Waals surface area contributed by atoms with Gasteiger partial charge in [0, 0.05) is 12.1 Å². The number of amides is 1. The molecule has 3 atom stereocenters. The van der Waals surface area contributed by atoms with Crippen molar-refractivity contribution in [2.45, 2.75) is 50.4 Å². The molecule has 2 bridgehead atoms. The zero-order chi connectivity index (χ0) is 19.8. The molecule has 5 heterocycles. The fourth-order valence-corrected chi connectivity index (χ4v) is 4.22. The molecule has 2 fully saturated rings. The molecule has 3 aromatic heterocycles. The van der Waals surface area contributed by atoms with Crippen molar-refractivity contribution in [1.82, 2.24) is 45.1 Å². The van der Waals surface area contributed by atoms with Crippen molar-refractivity contribution in [3.8, 4) is 11.6 Å². The Bertz CT molecular complexity index is 974. The first-order valence-electron chi connectivity index (χ1n) is 9.41. The third-order valence-corrected chi connectivity index (χ3v) is 5.50. The van der Waals surface area contributed by atoms with Crippen LogP contribution < -0.4 is 4.74 Å². The molecule has 0 aliphatic carbocycles. The molecular formula is C17H19N9O3. The highest BCUT2D eigenvalue weighted by Gasteiger charge is 2.44. The predicted octanol–water partition coefficient (Wildman–Crippen LogP) is 1.07. The molecule has 0 spiro atoms. The van der Waals surface area contributed by atoms with Gasteiger partial charge < -0.3 is 14.7 Å². The quantitative estimate of drug-likeness (QED) is 0.670. The summed E-state index contributed by atoms with van der Waals surface area (Å²) in [5, 5.41) is 29.2. The van der Waals surface area contributed by atoms with E-state index in [2.05, 4.69) is 30.7 Å². The van der Waals surface area contributed by atoms with E-state index in [1.54, 1.807) is 34.2 Å². The highest BCUT2D eigenvalue weighted by molar-refractivity contribution is 5.66. The Morgan fingerprint density at radius 1 is 1.17 bits per heavy atom. The Labute approximate surface area is 165 Å². The minimum absolute atomic E-state index is 0.0618. The molecule has 3 aromatic rings. The lowest BCUT2D eigenvalue weighted by Gasteiger charge is -2.36. The molecule has 0 saturated carbocycles. The molecule has 150 valence electrons. The summed E-state index contributed by atoms with van der Waals surface area (Å²) >= 11 is 0. The lowest BCUT2D eigenvalue weighted by molar-refractivity contribution is 0.0813. The predicted molar refractivity (Wildman–Crippen MR) is 96.2 cm³/mol. The van der Waals surface area contributed by atoms with Crippen LogP contribution in [-0.4, -0.2) is 68.4 Å². The van der Waals surface area contributed by atoms with E-state index in [0.29, 0.717) is 17.3 Å². The molecule has 1 N–H and O–H groups in total. The van der Waals surface area contributed by atoms with Gasteiger partial charge in [0.05, 0.1) is 18.4 Å². The number of hydrogen-bond donors (Lipinski definition) is 1. The molecular weight excluding hydrogens is 378 g/mol. The lowest BCUT2D eigenvalue weighted by Crippen LogP contribution is -2.46. The van der Waals surface area contributed by atoms with Crippen molar-refractivity contribution >= 4 is 6.09 Å². The fraction of sp³-hybridized carbons (Fsp3) is 0.471. The first-order valence-corrected chi connectivity index (χ1v) is 9.41. The van der Waals surface area contributed by atoms with Crippen LogP contribution in [-0.2, 0) is 6.61 Å². The van der Waals surface area contributed by atoms with Gasteiger partial charge in [-0.2, -0.15) is 19.7 Å². The molecule has 2 aliphatic heterocycles. The van der Waals surface area contributed by atoms with Crippen molar-refractivity contribution < 1.29 is 14.6 Å². The van der Waals surface area contributed by atoms with Crippen molar-refractivity contribution in [3.05, 3.63) is 36.5 Å². The van der Waals surface area contributed by atoms with Crippen LogP contribution in [0.25, 0.3) is 5.82 Å². The topological polar surface area (TPSA) is 137 Å². The van der Waals surface area contributed by atoms with Gasteiger partial charge in [0.15, 0.2) is 5.82 Å². The van der Waals surface area contributed by atoms with Crippen LogP contribution in [0.3, 0.4) is 0 Å². The van der Waals surface area contributed by atoms with Crippen LogP contribution >= 0.6 is 0 Å². The van der Waals surface area contributed by atoms with E-state index in [-0.39, 0.29) is 24.7 Å². The maximum Gasteiger partial charge on any atom is 0.407 e. The number of tetrazole rings is 1. The van der Waals surface area contributed by atoms with Crippen LogP contribution in [0.2, 0.25) is 0 Å². The zero-order valence-corrected chi connectivity index (χ0v) is 15.4. The highest BCUT2D eigenvalue weighted by Crippen LogP contribution is 2.40. The minimum Gasteiger partial charge on any atom is -0.486 e. The number of nitrogens with zero attached hydrogens (tertiary/aromatic N) is 9. The molecule has 0 radical (unpaired) electrons. The molecule has 0 aromatic carbocycles. The number of ether oxygens (including phenoxy) is 1. The van der Waals surface area contributed by atoms with Crippen molar-refractivity contribution in [2.24, 2.45) is 0 Å². The van der Waals surface area contributed by atoms with Crippen molar-refractivity contribution in [2.75, 3.05) is 0 Å². The Balaban J connectivity index is 1.20. The van der Waals surface area contributed by atoms with Gasteiger partial charge in [-0.05, 0) is 48.2 Å². The van der Waals surface area contributed by atoms with E-state index in [4.69, 9.17) is 4.74 Å². The van der Waals surface area contributed by atoms with E-state index in [0.717, 1.165) is 25.7 Å². The first-order chi connectivity index (χ1) is 14.2. The summed E-state index contributed by atoms with van der Waals surface area (Å²) in [6, 6.07) is 3.79. The van der Waals surface area contributed by atoms with Gasteiger partial charge in [-0.1, -0.05) is 0 Å². The van der Waals surface area contributed by atoms with Crippen LogP contribution in [0.5, 0.6) is 5.75 Å². The molecule has 1 amide bonds. The summed E-state index contributed by atoms with van der Waals surface area (Å²) in [5.41, 5.74) is 0.711. The molecule has 2 aliphatic rings. The summed E-state index contributed by atoms with van der Waals surface area (Å²) in [7, 11) is 0. The second-order valence-electron chi connectivity index (χ2n) is 7.25. The monoisotopic (exact) mass is 397 g/mol. The number of piperidine rings is 1. The number of hydrogen-bond acceptors (Lipinski definition) is 8. The van der Waals surface area contributed by atoms with E-state index in [9.17, 15) is 9.90 Å². The van der Waals surface area contributed by atoms with Gasteiger partial charge in [0.1, 0.15) is 24.4 Å². The first kappa shape index (κ1) is 17.5.